The Morgan fingerprint density at radius 1 is 1.12 bits per heavy atom. The summed E-state index contributed by atoms with van der Waals surface area (Å²) in [6, 6.07) is 11.3. The topological polar surface area (TPSA) is 49.3 Å². The monoisotopic (exact) mass is 329 g/mol. The zero-order chi connectivity index (χ0) is 16.8. The van der Waals surface area contributed by atoms with Crippen LogP contribution >= 0.6 is 0 Å². The van der Waals surface area contributed by atoms with Gasteiger partial charge in [0.25, 0.3) is 0 Å². The summed E-state index contributed by atoms with van der Waals surface area (Å²) in [6.07, 6.45) is 12.7. The Morgan fingerprint density at radius 2 is 1.79 bits per heavy atom. The van der Waals surface area contributed by atoms with Crippen LogP contribution < -0.4 is 5.32 Å². The van der Waals surface area contributed by atoms with E-state index in [1.165, 1.54) is 56.9 Å². The van der Waals surface area contributed by atoms with Gasteiger partial charge in [-0.1, -0.05) is 56.0 Å². The fourth-order valence-corrected chi connectivity index (χ4v) is 4.97. The zero-order valence-corrected chi connectivity index (χ0v) is 14.7. The fraction of sp³-hybridized carbons (Fsp3) is 0.667. The van der Waals surface area contributed by atoms with Gasteiger partial charge in [0.1, 0.15) is 0 Å². The van der Waals surface area contributed by atoms with Crippen molar-refractivity contribution in [1.29, 1.82) is 0 Å². The minimum Gasteiger partial charge on any atom is -0.481 e. The molecule has 1 aromatic carbocycles. The van der Waals surface area contributed by atoms with Crippen molar-refractivity contribution in [3.05, 3.63) is 35.9 Å². The molecule has 0 aromatic heterocycles. The zero-order valence-electron chi connectivity index (χ0n) is 14.7. The van der Waals surface area contributed by atoms with Gasteiger partial charge in [-0.2, -0.15) is 0 Å². The molecule has 2 atom stereocenters. The summed E-state index contributed by atoms with van der Waals surface area (Å²) in [7, 11) is 0. The van der Waals surface area contributed by atoms with E-state index in [0.717, 1.165) is 12.8 Å². The van der Waals surface area contributed by atoms with Gasteiger partial charge in [-0.25, -0.2) is 0 Å². The minimum absolute atomic E-state index is 0.254. The molecule has 2 N–H and O–H groups in total. The number of nitrogens with one attached hydrogen (secondary N) is 1. The molecule has 0 bridgehead atoms. The fourth-order valence-electron chi connectivity index (χ4n) is 4.97. The molecule has 24 heavy (non-hydrogen) atoms. The number of carbonyl (C=O) groups is 1. The molecule has 0 aliphatic heterocycles. The third-order valence-corrected chi connectivity index (χ3v) is 6.22. The first-order chi connectivity index (χ1) is 11.7. The maximum atomic E-state index is 11.1. The highest BCUT2D eigenvalue weighted by molar-refractivity contribution is 5.66. The van der Waals surface area contributed by atoms with Crippen LogP contribution in [0.2, 0.25) is 0 Å². The third kappa shape index (κ3) is 4.38. The summed E-state index contributed by atoms with van der Waals surface area (Å²) < 4.78 is 0. The highest BCUT2D eigenvalue weighted by atomic mass is 16.4. The van der Waals surface area contributed by atoms with Crippen LogP contribution in [-0.2, 0) is 11.2 Å². The Balaban J connectivity index is 1.68. The lowest BCUT2D eigenvalue weighted by Gasteiger charge is -2.44. The Hall–Kier alpha value is -1.35. The molecule has 0 saturated heterocycles. The molecule has 0 radical (unpaired) electrons. The summed E-state index contributed by atoms with van der Waals surface area (Å²) in [4.78, 5) is 11.1. The van der Waals surface area contributed by atoms with Crippen LogP contribution in [-0.4, -0.2) is 23.2 Å². The third-order valence-electron chi connectivity index (χ3n) is 6.22. The Bertz CT molecular complexity index is 522. The van der Waals surface area contributed by atoms with Gasteiger partial charge in [0.05, 0.1) is 0 Å². The van der Waals surface area contributed by atoms with Gasteiger partial charge < -0.3 is 10.4 Å². The molecule has 0 amide bonds. The van der Waals surface area contributed by atoms with Gasteiger partial charge in [0.15, 0.2) is 0 Å². The van der Waals surface area contributed by atoms with Crippen molar-refractivity contribution in [2.24, 2.45) is 5.41 Å². The molecular formula is C21H31NO2. The van der Waals surface area contributed by atoms with Gasteiger partial charge in [-0.3, -0.25) is 4.79 Å². The summed E-state index contributed by atoms with van der Waals surface area (Å²) in [6.45, 7) is 0. The average Bonchev–Trinajstić information content (AvgIpc) is 3.05. The Kier molecular flexibility index (Phi) is 5.94. The van der Waals surface area contributed by atoms with Gasteiger partial charge in [0, 0.05) is 18.5 Å². The molecule has 2 unspecified atom stereocenters. The number of hydrogen-bond donors (Lipinski definition) is 2. The lowest BCUT2D eigenvalue weighted by molar-refractivity contribution is -0.137. The van der Waals surface area contributed by atoms with Crippen LogP contribution in [0.4, 0.5) is 0 Å². The number of hydrogen-bond acceptors (Lipinski definition) is 2. The van der Waals surface area contributed by atoms with E-state index < -0.39 is 5.97 Å². The van der Waals surface area contributed by atoms with Crippen molar-refractivity contribution in [3.8, 4) is 0 Å². The van der Waals surface area contributed by atoms with E-state index in [1.807, 2.05) is 6.07 Å². The number of benzene rings is 1. The van der Waals surface area contributed by atoms with Crippen LogP contribution in [0.1, 0.15) is 69.8 Å². The summed E-state index contributed by atoms with van der Waals surface area (Å²) >= 11 is 0. The van der Waals surface area contributed by atoms with Crippen LogP contribution in [0.5, 0.6) is 0 Å². The van der Waals surface area contributed by atoms with Crippen LogP contribution in [0, 0.1) is 5.41 Å². The van der Waals surface area contributed by atoms with E-state index in [1.54, 1.807) is 0 Å². The van der Waals surface area contributed by atoms with Crippen molar-refractivity contribution in [2.75, 3.05) is 0 Å². The first-order valence-corrected chi connectivity index (χ1v) is 9.70. The maximum Gasteiger partial charge on any atom is 0.303 e. The van der Waals surface area contributed by atoms with E-state index in [4.69, 9.17) is 5.11 Å². The summed E-state index contributed by atoms with van der Waals surface area (Å²) in [5.41, 5.74) is 1.80. The van der Waals surface area contributed by atoms with E-state index in [9.17, 15) is 4.79 Å². The molecule has 132 valence electrons. The lowest BCUT2D eigenvalue weighted by Crippen LogP contribution is -2.50. The van der Waals surface area contributed by atoms with E-state index in [0.29, 0.717) is 11.5 Å². The van der Waals surface area contributed by atoms with Crippen LogP contribution in [0.25, 0.3) is 0 Å². The second-order valence-electron chi connectivity index (χ2n) is 7.85. The standard InChI is InChI=1S/C21H31NO2/c23-20(24)12-11-18(16-17-8-2-1-3-9-17)22-19-10-4-5-13-21(19)14-6-7-15-21/h1-3,8-9,18-19,22H,4-7,10-16H2,(H,23,24). The van der Waals surface area contributed by atoms with Gasteiger partial charge >= 0.3 is 5.97 Å². The molecular weight excluding hydrogens is 298 g/mol. The number of carboxylic acids is 1. The smallest absolute Gasteiger partial charge is 0.303 e. The predicted molar refractivity (Wildman–Crippen MR) is 97.1 cm³/mol. The predicted octanol–water partition coefficient (Wildman–Crippen LogP) is 4.56. The normalized spacial score (nSPS) is 24.1. The molecule has 3 nitrogen and oxygen atoms in total. The lowest BCUT2D eigenvalue weighted by atomic mass is 9.68. The Labute approximate surface area is 145 Å². The van der Waals surface area contributed by atoms with Gasteiger partial charge in [0.2, 0.25) is 0 Å². The molecule has 1 spiro atoms. The molecule has 2 aliphatic carbocycles. The van der Waals surface area contributed by atoms with Gasteiger partial charge in [-0.05, 0) is 49.5 Å². The average molecular weight is 329 g/mol. The molecule has 1 aromatic rings. The molecule has 3 rings (SSSR count). The number of carboxylic acid groups (broad SMARTS) is 1. The van der Waals surface area contributed by atoms with Crippen LogP contribution in [0.3, 0.4) is 0 Å². The van der Waals surface area contributed by atoms with Crippen molar-refractivity contribution < 1.29 is 9.90 Å². The summed E-state index contributed by atoms with van der Waals surface area (Å²) in [5.74, 6) is -0.686. The first kappa shape index (κ1) is 17.5. The Morgan fingerprint density at radius 3 is 2.46 bits per heavy atom. The summed E-state index contributed by atoms with van der Waals surface area (Å²) in [5, 5.41) is 13.0. The second-order valence-corrected chi connectivity index (χ2v) is 7.85. The molecule has 0 heterocycles. The molecule has 2 aliphatic rings. The largest absolute Gasteiger partial charge is 0.481 e. The minimum atomic E-state index is -0.686. The van der Waals surface area contributed by atoms with E-state index in [2.05, 4.69) is 29.6 Å². The van der Waals surface area contributed by atoms with Gasteiger partial charge in [-0.15, -0.1) is 0 Å². The molecule has 3 heteroatoms. The maximum absolute atomic E-state index is 11.1. The van der Waals surface area contributed by atoms with Crippen molar-refractivity contribution in [1.82, 2.24) is 5.32 Å². The quantitative estimate of drug-likeness (QED) is 0.771. The van der Waals surface area contributed by atoms with E-state index >= 15 is 0 Å². The van der Waals surface area contributed by atoms with Crippen molar-refractivity contribution >= 4 is 5.97 Å². The molecule has 2 saturated carbocycles. The first-order valence-electron chi connectivity index (χ1n) is 9.70. The van der Waals surface area contributed by atoms with Crippen molar-refractivity contribution in [3.63, 3.8) is 0 Å². The SMILES string of the molecule is O=C(O)CCC(Cc1ccccc1)NC1CCCCC12CCCC2. The number of rotatable bonds is 7. The highest BCUT2D eigenvalue weighted by Crippen LogP contribution is 2.49. The van der Waals surface area contributed by atoms with E-state index in [-0.39, 0.29) is 12.5 Å². The second kappa shape index (κ2) is 8.15. The molecule has 2 fully saturated rings. The number of aliphatic carboxylic acids is 1. The highest BCUT2D eigenvalue weighted by Gasteiger charge is 2.43. The van der Waals surface area contributed by atoms with Crippen LogP contribution in [0.15, 0.2) is 30.3 Å². The van der Waals surface area contributed by atoms with Crippen molar-refractivity contribution in [2.45, 2.75) is 82.7 Å².